The van der Waals surface area contributed by atoms with Crippen LogP contribution in [0, 0.1) is 0 Å². The van der Waals surface area contributed by atoms with E-state index in [0.29, 0.717) is 0 Å². The van der Waals surface area contributed by atoms with Crippen LogP contribution < -0.4 is 0 Å². The molecule has 0 N–H and O–H groups in total. The molecular weight excluding hydrogens is 268 g/mol. The van der Waals surface area contributed by atoms with Crippen molar-refractivity contribution in [1.29, 1.82) is 0 Å². The van der Waals surface area contributed by atoms with Gasteiger partial charge < -0.3 is 0 Å². The molecule has 0 spiro atoms. The van der Waals surface area contributed by atoms with Gasteiger partial charge in [-0.05, 0) is 0 Å². The summed E-state index contributed by atoms with van der Waals surface area (Å²) in [6, 6.07) is 0. The van der Waals surface area contributed by atoms with Gasteiger partial charge in [-0.3, -0.25) is 0 Å². The SMILES string of the molecule is CC(=O)[C]1([Cu][C]2(C(C)=O)C=CC=N2)C=CC=N1. The number of carbonyl (C=O) groups excluding carboxylic acids is 2. The first-order valence-electron chi connectivity index (χ1n) is 5.08. The van der Waals surface area contributed by atoms with Crippen LogP contribution in [-0.2, 0) is 24.5 Å². The van der Waals surface area contributed by atoms with Crippen molar-refractivity contribution < 1.29 is 24.5 Å². The molecule has 2 heterocycles. The minimum atomic E-state index is -1.03. The fraction of sp³-hybridized carbons (Fsp3) is 0.333. The molecular formula is C12H12CuN2O2. The number of hydrogen-bond donors (Lipinski definition) is 0. The number of carbonyl (C=O) groups is 2. The Morgan fingerprint density at radius 3 is 1.59 bits per heavy atom. The van der Waals surface area contributed by atoms with Crippen molar-refractivity contribution in [3.05, 3.63) is 24.3 Å². The van der Waals surface area contributed by atoms with Crippen molar-refractivity contribution in [3.63, 3.8) is 0 Å². The fourth-order valence-corrected chi connectivity index (χ4v) is 2.97. The molecule has 0 aromatic heterocycles. The van der Waals surface area contributed by atoms with Gasteiger partial charge in [-0.1, -0.05) is 0 Å². The Morgan fingerprint density at radius 2 is 1.35 bits per heavy atom. The Bertz CT molecular complexity index is 421. The standard InChI is InChI=1S/2C6H6NO.Cu/c2*1-5(8)6-3-2-4-7-6;/h2*2-4H,1H3;. The maximum absolute atomic E-state index is 11.7. The Balaban J connectivity index is 2.36. The van der Waals surface area contributed by atoms with Crippen molar-refractivity contribution in [2.24, 2.45) is 9.98 Å². The summed E-state index contributed by atoms with van der Waals surface area (Å²) in [5.41, 5.74) is 0. The molecule has 0 aromatic carbocycles. The fourth-order valence-electron chi connectivity index (χ4n) is 1.49. The first-order valence-corrected chi connectivity index (χ1v) is 6.03. The molecule has 0 saturated carbocycles. The third-order valence-electron chi connectivity index (χ3n) is 2.45. The molecule has 0 radical (unpaired) electrons. The minimum absolute atomic E-state index is 0.112. The normalized spacial score (nSPS) is 33.8. The molecule has 93 valence electrons. The molecule has 0 aliphatic carbocycles. The van der Waals surface area contributed by atoms with Crippen LogP contribution in [0.5, 0.6) is 0 Å². The van der Waals surface area contributed by atoms with Gasteiger partial charge in [-0.15, -0.1) is 0 Å². The molecule has 17 heavy (non-hydrogen) atoms. The average molecular weight is 280 g/mol. The second-order valence-electron chi connectivity index (χ2n) is 3.69. The predicted molar refractivity (Wildman–Crippen MR) is 62.1 cm³/mol. The summed E-state index contributed by atoms with van der Waals surface area (Å²) in [5.74, 6) is -0.225. The molecule has 2 atom stereocenters. The van der Waals surface area contributed by atoms with Gasteiger partial charge in [0.15, 0.2) is 0 Å². The third-order valence-corrected chi connectivity index (χ3v) is 4.39. The number of nitrogens with zero attached hydrogens (tertiary/aromatic N) is 2. The zero-order chi connectivity index (χ0) is 12.5. The van der Waals surface area contributed by atoms with Gasteiger partial charge in [0, 0.05) is 0 Å². The molecule has 0 saturated heterocycles. The van der Waals surface area contributed by atoms with E-state index in [4.69, 9.17) is 0 Å². The van der Waals surface area contributed by atoms with E-state index in [0.717, 1.165) is 0 Å². The second-order valence-corrected chi connectivity index (χ2v) is 5.36. The predicted octanol–water partition coefficient (Wildman–Crippen LogP) is 0.921. The van der Waals surface area contributed by atoms with Crippen molar-refractivity contribution >= 4 is 24.0 Å². The van der Waals surface area contributed by atoms with Crippen LogP contribution in [-0.4, -0.2) is 32.9 Å². The summed E-state index contributed by atoms with van der Waals surface area (Å²) in [6.07, 6.45) is 9.96. The number of ketones is 2. The van der Waals surface area contributed by atoms with E-state index in [-0.39, 0.29) is 11.6 Å². The topological polar surface area (TPSA) is 58.9 Å². The van der Waals surface area contributed by atoms with Crippen LogP contribution in [0.1, 0.15) is 13.8 Å². The van der Waals surface area contributed by atoms with Gasteiger partial charge in [0.2, 0.25) is 0 Å². The molecule has 0 bridgehead atoms. The summed E-state index contributed by atoms with van der Waals surface area (Å²) in [5, 5.41) is 0. The summed E-state index contributed by atoms with van der Waals surface area (Å²) < 4.78 is -2.05. The van der Waals surface area contributed by atoms with E-state index in [2.05, 4.69) is 9.98 Å². The van der Waals surface area contributed by atoms with Crippen molar-refractivity contribution in [2.75, 3.05) is 0 Å². The maximum atomic E-state index is 11.7. The molecule has 5 heteroatoms. The van der Waals surface area contributed by atoms with Crippen LogP contribution in [0.25, 0.3) is 0 Å². The van der Waals surface area contributed by atoms with Gasteiger partial charge in [0.25, 0.3) is 0 Å². The average Bonchev–Trinajstić information content (AvgIpc) is 2.88. The monoisotopic (exact) mass is 279 g/mol. The Morgan fingerprint density at radius 1 is 0.941 bits per heavy atom. The molecule has 0 amide bonds. The van der Waals surface area contributed by atoms with E-state index < -0.39 is 8.87 Å². The van der Waals surface area contributed by atoms with Gasteiger partial charge in [-0.2, -0.15) is 0 Å². The molecule has 0 fully saturated rings. The van der Waals surface area contributed by atoms with Gasteiger partial charge in [0.1, 0.15) is 0 Å². The van der Waals surface area contributed by atoms with E-state index in [1.807, 2.05) is 0 Å². The van der Waals surface area contributed by atoms with E-state index in [1.54, 1.807) is 36.7 Å². The van der Waals surface area contributed by atoms with Crippen molar-refractivity contribution in [1.82, 2.24) is 0 Å². The first kappa shape index (κ1) is 12.1. The van der Waals surface area contributed by atoms with Crippen molar-refractivity contribution in [2.45, 2.75) is 22.7 Å². The number of Topliss-reactive ketones (excluding diaryl/α,β-unsaturated/α-hetero) is 2. The summed E-state index contributed by atoms with van der Waals surface area (Å²) in [6.45, 7) is 2.93. The van der Waals surface area contributed by atoms with Gasteiger partial charge in [0.05, 0.1) is 0 Å². The molecule has 2 aliphatic rings. The summed E-state index contributed by atoms with van der Waals surface area (Å²) >= 11 is 1.27. The van der Waals surface area contributed by atoms with Crippen LogP contribution in [0.15, 0.2) is 34.3 Å². The number of hydrogen-bond acceptors (Lipinski definition) is 4. The van der Waals surface area contributed by atoms with Gasteiger partial charge >= 0.3 is 106 Å². The summed E-state index contributed by atoms with van der Waals surface area (Å²) in [4.78, 5) is 31.8. The van der Waals surface area contributed by atoms with Crippen LogP contribution >= 0.6 is 0 Å². The van der Waals surface area contributed by atoms with E-state index in [1.165, 1.54) is 28.8 Å². The zero-order valence-electron chi connectivity index (χ0n) is 9.48. The quantitative estimate of drug-likeness (QED) is 0.719. The third kappa shape index (κ3) is 1.96. The number of rotatable bonds is 4. The second kappa shape index (κ2) is 4.17. The zero-order valence-corrected chi connectivity index (χ0v) is 10.4. The van der Waals surface area contributed by atoms with Crippen LogP contribution in [0.4, 0.5) is 0 Å². The van der Waals surface area contributed by atoms with Crippen molar-refractivity contribution in [3.8, 4) is 0 Å². The number of aliphatic imine (C=N–C) groups is 2. The van der Waals surface area contributed by atoms with E-state index >= 15 is 0 Å². The Hall–Kier alpha value is -1.32. The Labute approximate surface area is 106 Å². The van der Waals surface area contributed by atoms with Crippen LogP contribution in [0.3, 0.4) is 0 Å². The number of allylic oxidation sites excluding steroid dienone is 2. The Kier molecular flexibility index (Phi) is 2.98. The van der Waals surface area contributed by atoms with E-state index in [9.17, 15) is 9.59 Å². The molecule has 2 unspecified atom stereocenters. The molecule has 4 nitrogen and oxygen atoms in total. The molecule has 2 rings (SSSR count). The van der Waals surface area contributed by atoms with Gasteiger partial charge in [-0.25, -0.2) is 0 Å². The summed E-state index contributed by atoms with van der Waals surface area (Å²) in [7, 11) is 0. The molecule has 2 aliphatic heterocycles. The molecule has 0 aromatic rings. The van der Waals surface area contributed by atoms with Crippen LogP contribution in [0.2, 0.25) is 0 Å². The first-order chi connectivity index (χ1) is 8.01.